The van der Waals surface area contributed by atoms with Crippen LogP contribution in [-0.4, -0.2) is 5.75 Å². The molecular weight excluding hydrogens is 252 g/mol. The molecule has 0 aliphatic carbocycles. The summed E-state index contributed by atoms with van der Waals surface area (Å²) in [5, 5.41) is 0. The van der Waals surface area contributed by atoms with Crippen molar-refractivity contribution >= 4 is 11.8 Å². The van der Waals surface area contributed by atoms with Gasteiger partial charge in [0.2, 0.25) is 0 Å². The van der Waals surface area contributed by atoms with Gasteiger partial charge in [-0.15, -0.1) is 11.8 Å². The van der Waals surface area contributed by atoms with Gasteiger partial charge in [-0.05, 0) is 42.9 Å². The molecule has 0 heterocycles. The normalized spacial score (nSPS) is 10.4. The number of benzene rings is 2. The van der Waals surface area contributed by atoms with Gasteiger partial charge in [0.05, 0.1) is 0 Å². The molecule has 0 atom stereocenters. The van der Waals surface area contributed by atoms with Gasteiger partial charge >= 0.3 is 0 Å². The lowest BCUT2D eigenvalue weighted by Gasteiger charge is -2.08. The van der Waals surface area contributed by atoms with Gasteiger partial charge in [-0.2, -0.15) is 0 Å². The predicted molar refractivity (Wildman–Crippen MR) is 83.0 cm³/mol. The smallest absolute Gasteiger partial charge is 0.120 e. The fourth-order valence-electron chi connectivity index (χ4n) is 1.72. The highest BCUT2D eigenvalue weighted by atomic mass is 32.2. The summed E-state index contributed by atoms with van der Waals surface area (Å²) in [4.78, 5) is 1.28. The molecule has 2 heteroatoms. The fourth-order valence-corrected chi connectivity index (χ4v) is 2.54. The molecule has 0 fully saturated rings. The van der Waals surface area contributed by atoms with Crippen LogP contribution in [-0.2, 0) is 6.61 Å². The van der Waals surface area contributed by atoms with Gasteiger partial charge in [0.15, 0.2) is 0 Å². The lowest BCUT2D eigenvalue weighted by atomic mass is 10.2. The molecule has 0 bridgehead atoms. The van der Waals surface area contributed by atoms with Crippen molar-refractivity contribution in [2.75, 3.05) is 5.75 Å². The van der Waals surface area contributed by atoms with Crippen LogP contribution in [0.3, 0.4) is 0 Å². The Bertz CT molecular complexity index is 505. The Morgan fingerprint density at radius 2 is 1.84 bits per heavy atom. The minimum atomic E-state index is 0.627. The van der Waals surface area contributed by atoms with Crippen LogP contribution in [0.25, 0.3) is 0 Å². The van der Waals surface area contributed by atoms with Gasteiger partial charge in [0.25, 0.3) is 0 Å². The summed E-state index contributed by atoms with van der Waals surface area (Å²) in [6.45, 7) is 4.92. The summed E-state index contributed by atoms with van der Waals surface area (Å²) in [6, 6.07) is 16.8. The average molecular weight is 272 g/mol. The van der Waals surface area contributed by atoms with Gasteiger partial charge in [-0.25, -0.2) is 0 Å². The molecule has 2 aromatic carbocycles. The van der Waals surface area contributed by atoms with E-state index in [1.807, 2.05) is 17.8 Å². The van der Waals surface area contributed by atoms with Crippen molar-refractivity contribution in [3.8, 4) is 5.75 Å². The Morgan fingerprint density at radius 3 is 2.58 bits per heavy atom. The Balaban J connectivity index is 1.93. The highest BCUT2D eigenvalue weighted by molar-refractivity contribution is 7.99. The molecule has 2 aromatic rings. The molecule has 1 nitrogen and oxygen atoms in total. The molecular formula is C17H20OS. The molecule has 0 aromatic heterocycles. The van der Waals surface area contributed by atoms with Crippen LogP contribution in [0, 0.1) is 6.92 Å². The van der Waals surface area contributed by atoms with E-state index in [1.165, 1.54) is 22.4 Å². The van der Waals surface area contributed by atoms with E-state index in [0.29, 0.717) is 6.61 Å². The second kappa shape index (κ2) is 7.25. The monoisotopic (exact) mass is 272 g/mol. The average Bonchev–Trinajstić information content (AvgIpc) is 2.45. The van der Waals surface area contributed by atoms with Gasteiger partial charge in [0.1, 0.15) is 12.4 Å². The lowest BCUT2D eigenvalue weighted by molar-refractivity contribution is 0.305. The Hall–Kier alpha value is -1.41. The first-order valence-corrected chi connectivity index (χ1v) is 7.67. The van der Waals surface area contributed by atoms with Crippen LogP contribution in [0.2, 0.25) is 0 Å². The summed E-state index contributed by atoms with van der Waals surface area (Å²) in [6.07, 6.45) is 1.19. The zero-order valence-electron chi connectivity index (χ0n) is 11.6. The Kier molecular flexibility index (Phi) is 5.34. The van der Waals surface area contributed by atoms with Crippen LogP contribution in [0.1, 0.15) is 24.5 Å². The minimum absolute atomic E-state index is 0.627. The number of aryl methyl sites for hydroxylation is 1. The number of ether oxygens (including phenoxy) is 1. The van der Waals surface area contributed by atoms with Crippen molar-refractivity contribution < 1.29 is 4.74 Å². The molecule has 100 valence electrons. The van der Waals surface area contributed by atoms with Crippen molar-refractivity contribution in [3.63, 3.8) is 0 Å². The zero-order valence-corrected chi connectivity index (χ0v) is 12.4. The molecule has 0 spiro atoms. The van der Waals surface area contributed by atoms with Crippen molar-refractivity contribution in [1.82, 2.24) is 0 Å². The summed E-state index contributed by atoms with van der Waals surface area (Å²) in [7, 11) is 0. The van der Waals surface area contributed by atoms with E-state index in [0.717, 1.165) is 11.5 Å². The molecule has 0 saturated carbocycles. The third kappa shape index (κ3) is 4.64. The van der Waals surface area contributed by atoms with E-state index in [-0.39, 0.29) is 0 Å². The maximum atomic E-state index is 5.84. The van der Waals surface area contributed by atoms with E-state index < -0.39 is 0 Å². The Labute approximate surface area is 120 Å². The first-order chi connectivity index (χ1) is 9.28. The van der Waals surface area contributed by atoms with Crippen LogP contribution in [0.4, 0.5) is 0 Å². The molecule has 0 N–H and O–H groups in total. The number of hydrogen-bond acceptors (Lipinski definition) is 2. The van der Waals surface area contributed by atoms with Crippen LogP contribution in [0.5, 0.6) is 5.75 Å². The summed E-state index contributed by atoms with van der Waals surface area (Å²) >= 11 is 1.88. The maximum absolute atomic E-state index is 5.84. The minimum Gasteiger partial charge on any atom is -0.489 e. The number of thioether (sulfide) groups is 1. The second-order valence-electron chi connectivity index (χ2n) is 4.60. The first-order valence-electron chi connectivity index (χ1n) is 6.69. The van der Waals surface area contributed by atoms with Crippen molar-refractivity contribution in [2.24, 2.45) is 0 Å². The largest absolute Gasteiger partial charge is 0.489 e. The van der Waals surface area contributed by atoms with Gasteiger partial charge in [-0.1, -0.05) is 42.8 Å². The molecule has 2 rings (SSSR count). The van der Waals surface area contributed by atoms with E-state index in [9.17, 15) is 0 Å². The van der Waals surface area contributed by atoms with Crippen molar-refractivity contribution in [1.29, 1.82) is 0 Å². The number of rotatable bonds is 6. The highest BCUT2D eigenvalue weighted by Gasteiger charge is 1.99. The third-order valence-corrected chi connectivity index (χ3v) is 4.00. The summed E-state index contributed by atoms with van der Waals surface area (Å²) in [5.74, 6) is 2.10. The molecule has 0 aliphatic heterocycles. The van der Waals surface area contributed by atoms with Crippen LogP contribution in [0.15, 0.2) is 53.4 Å². The maximum Gasteiger partial charge on any atom is 0.120 e. The molecule has 0 saturated heterocycles. The first kappa shape index (κ1) is 14.0. The van der Waals surface area contributed by atoms with E-state index >= 15 is 0 Å². The topological polar surface area (TPSA) is 9.23 Å². The predicted octanol–water partition coefficient (Wildman–Crippen LogP) is 5.08. The Morgan fingerprint density at radius 1 is 1.05 bits per heavy atom. The second-order valence-corrected chi connectivity index (χ2v) is 5.77. The lowest BCUT2D eigenvalue weighted by Crippen LogP contribution is -1.95. The fraction of sp³-hybridized carbons (Fsp3) is 0.294. The van der Waals surface area contributed by atoms with Gasteiger partial charge in [0, 0.05) is 4.90 Å². The van der Waals surface area contributed by atoms with Gasteiger partial charge in [-0.3, -0.25) is 0 Å². The molecule has 0 amide bonds. The molecule has 0 radical (unpaired) electrons. The SMILES string of the molecule is CCCSc1cccc(OCc2ccc(C)cc2)c1. The van der Waals surface area contributed by atoms with E-state index in [1.54, 1.807) is 0 Å². The zero-order chi connectivity index (χ0) is 13.5. The number of hydrogen-bond donors (Lipinski definition) is 0. The summed E-state index contributed by atoms with van der Waals surface area (Å²) in [5.41, 5.74) is 2.49. The standard InChI is InChI=1S/C17H20OS/c1-3-11-19-17-6-4-5-16(12-17)18-13-15-9-7-14(2)8-10-15/h4-10,12H,3,11,13H2,1-2H3. The third-order valence-electron chi connectivity index (χ3n) is 2.80. The summed E-state index contributed by atoms with van der Waals surface area (Å²) < 4.78 is 5.84. The van der Waals surface area contributed by atoms with Crippen molar-refractivity contribution in [3.05, 3.63) is 59.7 Å². The quantitative estimate of drug-likeness (QED) is 0.678. The van der Waals surface area contributed by atoms with E-state index in [2.05, 4.69) is 56.3 Å². The molecule has 0 unspecified atom stereocenters. The molecule has 0 aliphatic rings. The molecule has 19 heavy (non-hydrogen) atoms. The van der Waals surface area contributed by atoms with Crippen LogP contribution < -0.4 is 4.74 Å². The highest BCUT2D eigenvalue weighted by Crippen LogP contribution is 2.24. The van der Waals surface area contributed by atoms with Crippen molar-refractivity contribution in [2.45, 2.75) is 31.8 Å². The van der Waals surface area contributed by atoms with Crippen LogP contribution >= 0.6 is 11.8 Å². The van der Waals surface area contributed by atoms with Gasteiger partial charge < -0.3 is 4.74 Å². The van der Waals surface area contributed by atoms with E-state index in [4.69, 9.17) is 4.74 Å².